The Kier molecular flexibility index (Phi) is 7.00. The number of likely N-dealkylation sites (tertiary alicyclic amines) is 1. The molecule has 2 atom stereocenters. The van der Waals surface area contributed by atoms with Gasteiger partial charge in [-0.1, -0.05) is 30.3 Å². The zero-order valence-corrected chi connectivity index (χ0v) is 15.5. The van der Waals surface area contributed by atoms with Crippen LogP contribution in [0.15, 0.2) is 48.5 Å². The van der Waals surface area contributed by atoms with E-state index in [9.17, 15) is 9.18 Å². The van der Waals surface area contributed by atoms with Gasteiger partial charge in [0.15, 0.2) is 0 Å². The van der Waals surface area contributed by atoms with Gasteiger partial charge in [-0.15, -0.1) is 12.4 Å². The second kappa shape index (κ2) is 9.01. The fourth-order valence-corrected chi connectivity index (χ4v) is 3.44. The molecule has 3 rings (SSSR count). The van der Waals surface area contributed by atoms with Crippen LogP contribution in [0.25, 0.3) is 0 Å². The quantitative estimate of drug-likeness (QED) is 0.886. The number of hydrogen-bond acceptors (Lipinski definition) is 3. The molecule has 0 unspecified atom stereocenters. The number of benzene rings is 2. The highest BCUT2D eigenvalue weighted by molar-refractivity contribution is 5.85. The zero-order chi connectivity index (χ0) is 17.8. The van der Waals surface area contributed by atoms with Crippen molar-refractivity contribution in [2.24, 2.45) is 5.73 Å². The van der Waals surface area contributed by atoms with E-state index in [0.717, 1.165) is 24.2 Å². The summed E-state index contributed by atoms with van der Waals surface area (Å²) in [5.41, 5.74) is 7.66. The maximum atomic E-state index is 14.3. The second-order valence-corrected chi connectivity index (χ2v) is 6.38. The summed E-state index contributed by atoms with van der Waals surface area (Å²) in [6.07, 6.45) is 1.88. The highest BCUT2D eigenvalue weighted by Gasteiger charge is 2.34. The van der Waals surface area contributed by atoms with Crippen LogP contribution in [-0.4, -0.2) is 30.5 Å². The first-order valence-electron chi connectivity index (χ1n) is 8.52. The zero-order valence-electron chi connectivity index (χ0n) is 14.7. The van der Waals surface area contributed by atoms with Gasteiger partial charge in [-0.2, -0.15) is 0 Å². The molecule has 0 bridgehead atoms. The summed E-state index contributed by atoms with van der Waals surface area (Å²) < 4.78 is 19.4. The summed E-state index contributed by atoms with van der Waals surface area (Å²) in [7, 11) is 1.61. The Morgan fingerprint density at radius 1 is 1.23 bits per heavy atom. The molecule has 1 aliphatic rings. The average molecular weight is 379 g/mol. The molecule has 0 saturated carbocycles. The number of carbonyl (C=O) groups excluding carboxylic acids is 1. The van der Waals surface area contributed by atoms with Gasteiger partial charge in [0.2, 0.25) is 5.91 Å². The third-order valence-corrected chi connectivity index (χ3v) is 4.74. The van der Waals surface area contributed by atoms with Gasteiger partial charge in [0.05, 0.1) is 19.6 Å². The number of amides is 1. The molecule has 2 N–H and O–H groups in total. The first-order chi connectivity index (χ1) is 12.1. The number of carbonyl (C=O) groups is 1. The molecule has 2 aromatic rings. The summed E-state index contributed by atoms with van der Waals surface area (Å²) in [6, 6.07) is 13.3. The summed E-state index contributed by atoms with van der Waals surface area (Å²) in [5, 5.41) is 0. The van der Waals surface area contributed by atoms with Crippen LogP contribution in [0, 0.1) is 5.82 Å². The van der Waals surface area contributed by atoms with Crippen molar-refractivity contribution in [3.8, 4) is 5.75 Å². The van der Waals surface area contributed by atoms with Crippen molar-refractivity contribution in [2.75, 3.05) is 13.7 Å². The van der Waals surface area contributed by atoms with E-state index in [-0.39, 0.29) is 36.6 Å². The van der Waals surface area contributed by atoms with Crippen LogP contribution in [0.1, 0.15) is 30.0 Å². The number of hydrogen-bond donors (Lipinski definition) is 1. The lowest BCUT2D eigenvalue weighted by Crippen LogP contribution is -2.49. The first kappa shape index (κ1) is 20.2. The van der Waals surface area contributed by atoms with Crippen molar-refractivity contribution in [3.63, 3.8) is 0 Å². The Balaban J connectivity index is 0.00000243. The number of nitrogens with two attached hydrogens (primary N) is 1. The second-order valence-electron chi connectivity index (χ2n) is 6.38. The van der Waals surface area contributed by atoms with Crippen molar-refractivity contribution in [2.45, 2.75) is 31.3 Å². The van der Waals surface area contributed by atoms with Crippen molar-refractivity contribution in [3.05, 3.63) is 65.5 Å². The molecular formula is C20H24ClFN2O2. The van der Waals surface area contributed by atoms with Gasteiger partial charge in [0.1, 0.15) is 11.6 Å². The van der Waals surface area contributed by atoms with Crippen molar-refractivity contribution in [1.29, 1.82) is 0 Å². The molecule has 140 valence electrons. The molecule has 0 spiro atoms. The number of nitrogens with zero attached hydrogens (tertiary/aromatic N) is 1. The topological polar surface area (TPSA) is 55.6 Å². The lowest BCUT2D eigenvalue weighted by atomic mass is 9.90. The number of piperidine rings is 1. The number of halogens is 2. The minimum absolute atomic E-state index is 0. The van der Waals surface area contributed by atoms with E-state index in [4.69, 9.17) is 10.5 Å². The van der Waals surface area contributed by atoms with Crippen LogP contribution < -0.4 is 10.5 Å². The Bertz CT molecular complexity index is 739. The van der Waals surface area contributed by atoms with Gasteiger partial charge in [-0.05, 0) is 36.6 Å². The highest BCUT2D eigenvalue weighted by Crippen LogP contribution is 2.32. The first-order valence-corrected chi connectivity index (χ1v) is 8.52. The predicted octanol–water partition coefficient (Wildman–Crippen LogP) is 3.49. The van der Waals surface area contributed by atoms with Gasteiger partial charge < -0.3 is 15.4 Å². The molecule has 1 saturated heterocycles. The Morgan fingerprint density at radius 3 is 2.58 bits per heavy atom. The van der Waals surface area contributed by atoms with Crippen LogP contribution >= 0.6 is 12.4 Å². The standard InChI is InChI=1S/C20H23FN2O2.ClH/c1-25-15-10-8-14(9-11-15)13-19(24)23-12-4-7-18(22)20(23)16-5-2-3-6-17(16)21;/h2-3,5-6,8-11,18,20H,4,7,12-13,22H2,1H3;1H/t18-,20+;/m1./s1. The summed E-state index contributed by atoms with van der Waals surface area (Å²) in [5.74, 6) is 0.404. The van der Waals surface area contributed by atoms with Gasteiger partial charge in [-0.25, -0.2) is 4.39 Å². The summed E-state index contributed by atoms with van der Waals surface area (Å²) >= 11 is 0. The van der Waals surface area contributed by atoms with Crippen LogP contribution in [0.2, 0.25) is 0 Å². The van der Waals surface area contributed by atoms with Crippen LogP contribution in [-0.2, 0) is 11.2 Å². The Morgan fingerprint density at radius 2 is 1.92 bits per heavy atom. The highest BCUT2D eigenvalue weighted by atomic mass is 35.5. The summed E-state index contributed by atoms with van der Waals surface area (Å²) in [6.45, 7) is 0.599. The lowest BCUT2D eigenvalue weighted by molar-refractivity contribution is -0.134. The van der Waals surface area contributed by atoms with Crippen LogP contribution in [0.4, 0.5) is 4.39 Å². The van der Waals surface area contributed by atoms with Crippen LogP contribution in [0.3, 0.4) is 0 Å². The van der Waals surface area contributed by atoms with E-state index >= 15 is 0 Å². The third kappa shape index (κ3) is 4.34. The SMILES string of the molecule is COc1ccc(CC(=O)N2CCC[C@@H](N)[C@@H]2c2ccccc2F)cc1.Cl. The molecule has 6 heteroatoms. The number of rotatable bonds is 4. The fourth-order valence-electron chi connectivity index (χ4n) is 3.44. The van der Waals surface area contributed by atoms with Gasteiger partial charge in [-0.3, -0.25) is 4.79 Å². The molecular weight excluding hydrogens is 355 g/mol. The molecule has 1 fully saturated rings. The summed E-state index contributed by atoms with van der Waals surface area (Å²) in [4.78, 5) is 14.6. The van der Waals surface area contributed by atoms with E-state index in [2.05, 4.69) is 0 Å². The predicted molar refractivity (Wildman–Crippen MR) is 102 cm³/mol. The van der Waals surface area contributed by atoms with E-state index < -0.39 is 6.04 Å². The van der Waals surface area contributed by atoms with Crippen molar-refractivity contribution >= 4 is 18.3 Å². The van der Waals surface area contributed by atoms with E-state index in [1.165, 1.54) is 6.07 Å². The monoisotopic (exact) mass is 378 g/mol. The smallest absolute Gasteiger partial charge is 0.227 e. The van der Waals surface area contributed by atoms with Crippen molar-refractivity contribution < 1.29 is 13.9 Å². The van der Waals surface area contributed by atoms with Gasteiger partial charge in [0.25, 0.3) is 0 Å². The Hall–Kier alpha value is -2.11. The van der Waals surface area contributed by atoms with E-state index in [1.807, 2.05) is 24.3 Å². The molecule has 1 amide bonds. The molecule has 0 aromatic heterocycles. The third-order valence-electron chi connectivity index (χ3n) is 4.74. The average Bonchev–Trinajstić information content (AvgIpc) is 2.63. The van der Waals surface area contributed by atoms with E-state index in [0.29, 0.717) is 12.1 Å². The Labute approximate surface area is 159 Å². The molecule has 0 radical (unpaired) electrons. The minimum Gasteiger partial charge on any atom is -0.497 e. The lowest BCUT2D eigenvalue weighted by Gasteiger charge is -2.40. The normalized spacial score (nSPS) is 19.6. The number of ether oxygens (including phenoxy) is 1. The maximum Gasteiger partial charge on any atom is 0.227 e. The number of methoxy groups -OCH3 is 1. The van der Waals surface area contributed by atoms with E-state index in [1.54, 1.807) is 30.2 Å². The van der Waals surface area contributed by atoms with Crippen LogP contribution in [0.5, 0.6) is 5.75 Å². The van der Waals surface area contributed by atoms with Crippen molar-refractivity contribution in [1.82, 2.24) is 4.90 Å². The largest absolute Gasteiger partial charge is 0.497 e. The molecule has 1 heterocycles. The fraction of sp³-hybridized carbons (Fsp3) is 0.350. The molecule has 2 aromatic carbocycles. The molecule has 1 aliphatic heterocycles. The molecule has 0 aliphatic carbocycles. The molecule has 26 heavy (non-hydrogen) atoms. The maximum absolute atomic E-state index is 14.3. The van der Waals surface area contributed by atoms with Gasteiger partial charge >= 0.3 is 0 Å². The minimum atomic E-state index is -0.416. The molecule has 4 nitrogen and oxygen atoms in total. The van der Waals surface area contributed by atoms with Gasteiger partial charge in [0, 0.05) is 18.2 Å².